The Bertz CT molecular complexity index is 589. The Labute approximate surface area is 124 Å². The predicted molar refractivity (Wildman–Crippen MR) is 79.7 cm³/mol. The third kappa shape index (κ3) is 4.83. The van der Waals surface area contributed by atoms with Crippen LogP contribution in [0.4, 0.5) is 4.39 Å². The molecular weight excluding hydrogens is 269 g/mol. The standard InChI is InChI=1S/C17H20FNO2/c1-13-5-10-16(21-13)12-19(2)11-3-4-17(20)14-6-8-15(18)9-7-14/h5-10H,3-4,11-12H2,1-2H3. The van der Waals surface area contributed by atoms with E-state index in [4.69, 9.17) is 4.42 Å². The summed E-state index contributed by atoms with van der Waals surface area (Å²) in [4.78, 5) is 14.1. The smallest absolute Gasteiger partial charge is 0.162 e. The average molecular weight is 289 g/mol. The molecule has 1 heterocycles. The van der Waals surface area contributed by atoms with Crippen LogP contribution < -0.4 is 0 Å². The molecule has 4 heteroatoms. The molecule has 0 saturated heterocycles. The average Bonchev–Trinajstić information content (AvgIpc) is 2.84. The van der Waals surface area contributed by atoms with Gasteiger partial charge in [-0.2, -0.15) is 0 Å². The molecule has 0 atom stereocenters. The summed E-state index contributed by atoms with van der Waals surface area (Å²) < 4.78 is 18.3. The van der Waals surface area contributed by atoms with Crippen molar-refractivity contribution in [2.45, 2.75) is 26.3 Å². The molecule has 0 radical (unpaired) electrons. The molecule has 2 aromatic rings. The first-order chi connectivity index (χ1) is 10.0. The van der Waals surface area contributed by atoms with Crippen LogP contribution in [0.15, 0.2) is 40.8 Å². The summed E-state index contributed by atoms with van der Waals surface area (Å²) in [5, 5.41) is 0. The number of rotatable bonds is 7. The molecule has 0 aliphatic rings. The van der Waals surface area contributed by atoms with Gasteiger partial charge >= 0.3 is 0 Å². The van der Waals surface area contributed by atoms with E-state index in [9.17, 15) is 9.18 Å². The van der Waals surface area contributed by atoms with Crippen molar-refractivity contribution in [3.63, 3.8) is 0 Å². The van der Waals surface area contributed by atoms with Crippen LogP contribution in [0.2, 0.25) is 0 Å². The molecule has 1 aromatic carbocycles. The molecule has 3 nitrogen and oxygen atoms in total. The topological polar surface area (TPSA) is 33.5 Å². The summed E-state index contributed by atoms with van der Waals surface area (Å²) >= 11 is 0. The van der Waals surface area contributed by atoms with Gasteiger partial charge in [0.05, 0.1) is 6.54 Å². The number of furan rings is 1. The Morgan fingerprint density at radius 3 is 2.52 bits per heavy atom. The van der Waals surface area contributed by atoms with Crippen LogP contribution in [-0.4, -0.2) is 24.3 Å². The van der Waals surface area contributed by atoms with Gasteiger partial charge in [-0.25, -0.2) is 4.39 Å². The molecular formula is C17H20FNO2. The molecule has 0 N–H and O–H groups in total. The number of aryl methyl sites for hydroxylation is 1. The van der Waals surface area contributed by atoms with Crippen molar-refractivity contribution in [3.8, 4) is 0 Å². The number of ketones is 1. The second-order valence-corrected chi connectivity index (χ2v) is 5.28. The zero-order valence-electron chi connectivity index (χ0n) is 12.4. The maximum absolute atomic E-state index is 12.8. The van der Waals surface area contributed by atoms with Crippen molar-refractivity contribution in [1.29, 1.82) is 0 Å². The van der Waals surface area contributed by atoms with Gasteiger partial charge in [0.2, 0.25) is 0 Å². The molecule has 0 unspecified atom stereocenters. The monoisotopic (exact) mass is 289 g/mol. The van der Waals surface area contributed by atoms with Crippen molar-refractivity contribution >= 4 is 5.78 Å². The summed E-state index contributed by atoms with van der Waals surface area (Å²) in [7, 11) is 2.00. The van der Waals surface area contributed by atoms with Crippen molar-refractivity contribution in [3.05, 3.63) is 59.3 Å². The van der Waals surface area contributed by atoms with E-state index in [2.05, 4.69) is 4.90 Å². The highest BCUT2D eigenvalue weighted by Crippen LogP contribution is 2.10. The number of benzene rings is 1. The van der Waals surface area contributed by atoms with E-state index in [1.54, 1.807) is 0 Å². The summed E-state index contributed by atoms with van der Waals surface area (Å²) in [6.45, 7) is 3.47. The summed E-state index contributed by atoms with van der Waals surface area (Å²) in [6.07, 6.45) is 1.24. The fraction of sp³-hybridized carbons (Fsp3) is 0.353. The number of hydrogen-bond donors (Lipinski definition) is 0. The molecule has 112 valence electrons. The van der Waals surface area contributed by atoms with Gasteiger partial charge in [0.15, 0.2) is 5.78 Å². The number of nitrogens with zero attached hydrogens (tertiary/aromatic N) is 1. The normalized spacial score (nSPS) is 11.0. The fourth-order valence-corrected chi connectivity index (χ4v) is 2.20. The molecule has 0 aliphatic carbocycles. The maximum Gasteiger partial charge on any atom is 0.162 e. The van der Waals surface area contributed by atoms with E-state index in [0.717, 1.165) is 31.0 Å². The van der Waals surface area contributed by atoms with E-state index in [1.165, 1.54) is 24.3 Å². The van der Waals surface area contributed by atoms with Crippen molar-refractivity contribution in [2.75, 3.05) is 13.6 Å². The minimum Gasteiger partial charge on any atom is -0.465 e. The van der Waals surface area contributed by atoms with E-state index < -0.39 is 0 Å². The number of carbonyl (C=O) groups is 1. The van der Waals surface area contributed by atoms with E-state index in [-0.39, 0.29) is 11.6 Å². The van der Waals surface area contributed by atoms with Gasteiger partial charge in [0.1, 0.15) is 17.3 Å². The zero-order valence-corrected chi connectivity index (χ0v) is 12.4. The van der Waals surface area contributed by atoms with Gasteiger partial charge < -0.3 is 4.42 Å². The lowest BCUT2D eigenvalue weighted by atomic mass is 10.1. The van der Waals surface area contributed by atoms with Gasteiger partial charge in [-0.05, 0) is 63.3 Å². The maximum atomic E-state index is 12.8. The summed E-state index contributed by atoms with van der Waals surface area (Å²) in [5.74, 6) is 1.57. The third-order valence-electron chi connectivity index (χ3n) is 3.33. The highest BCUT2D eigenvalue weighted by molar-refractivity contribution is 5.95. The van der Waals surface area contributed by atoms with Crippen LogP contribution in [0.5, 0.6) is 0 Å². The summed E-state index contributed by atoms with van der Waals surface area (Å²) in [5.41, 5.74) is 0.570. The largest absolute Gasteiger partial charge is 0.465 e. The Kier molecular flexibility index (Phi) is 5.28. The first-order valence-electron chi connectivity index (χ1n) is 7.07. The lowest BCUT2D eigenvalue weighted by Crippen LogP contribution is -2.19. The van der Waals surface area contributed by atoms with Gasteiger partial charge in [0.25, 0.3) is 0 Å². The van der Waals surface area contributed by atoms with Crippen molar-refractivity contribution < 1.29 is 13.6 Å². The summed E-state index contributed by atoms with van der Waals surface area (Å²) in [6, 6.07) is 9.62. The first kappa shape index (κ1) is 15.4. The van der Waals surface area contributed by atoms with Crippen LogP contribution in [0.1, 0.15) is 34.7 Å². The fourth-order valence-electron chi connectivity index (χ4n) is 2.20. The Morgan fingerprint density at radius 1 is 1.19 bits per heavy atom. The molecule has 1 aromatic heterocycles. The third-order valence-corrected chi connectivity index (χ3v) is 3.33. The van der Waals surface area contributed by atoms with Gasteiger partial charge in [-0.3, -0.25) is 9.69 Å². The minimum absolute atomic E-state index is 0.0530. The molecule has 0 saturated carbocycles. The second kappa shape index (κ2) is 7.18. The lowest BCUT2D eigenvalue weighted by molar-refractivity contribution is 0.0975. The zero-order chi connectivity index (χ0) is 15.2. The van der Waals surface area contributed by atoms with Crippen LogP contribution in [0.25, 0.3) is 0 Å². The molecule has 21 heavy (non-hydrogen) atoms. The molecule has 0 bridgehead atoms. The second-order valence-electron chi connectivity index (χ2n) is 5.28. The Morgan fingerprint density at radius 2 is 1.90 bits per heavy atom. The number of halogens is 1. The van der Waals surface area contributed by atoms with Crippen LogP contribution in [-0.2, 0) is 6.54 Å². The molecule has 0 fully saturated rings. The SMILES string of the molecule is Cc1ccc(CN(C)CCCC(=O)c2ccc(F)cc2)o1. The first-order valence-corrected chi connectivity index (χ1v) is 7.07. The molecule has 2 rings (SSSR count). The predicted octanol–water partition coefficient (Wildman–Crippen LogP) is 3.82. The molecule has 0 spiro atoms. The molecule has 0 aliphatic heterocycles. The molecule has 0 amide bonds. The van der Waals surface area contributed by atoms with Crippen LogP contribution >= 0.6 is 0 Å². The quantitative estimate of drug-likeness (QED) is 0.726. The highest BCUT2D eigenvalue weighted by atomic mass is 19.1. The number of Topliss-reactive ketones (excluding diaryl/α,β-unsaturated/α-hetero) is 1. The Balaban J connectivity index is 1.73. The number of hydrogen-bond acceptors (Lipinski definition) is 3. The Hall–Kier alpha value is -1.94. The lowest BCUT2D eigenvalue weighted by Gasteiger charge is -2.14. The minimum atomic E-state index is -0.319. The van der Waals surface area contributed by atoms with Crippen molar-refractivity contribution in [1.82, 2.24) is 4.90 Å². The van der Waals surface area contributed by atoms with Gasteiger partial charge in [-0.1, -0.05) is 0 Å². The van der Waals surface area contributed by atoms with Crippen molar-refractivity contribution in [2.24, 2.45) is 0 Å². The van der Waals surface area contributed by atoms with E-state index in [0.29, 0.717) is 12.0 Å². The van der Waals surface area contributed by atoms with E-state index in [1.807, 2.05) is 26.1 Å². The van der Waals surface area contributed by atoms with Gasteiger partial charge in [-0.15, -0.1) is 0 Å². The number of carbonyl (C=O) groups excluding carboxylic acids is 1. The van der Waals surface area contributed by atoms with Gasteiger partial charge in [0, 0.05) is 12.0 Å². The van der Waals surface area contributed by atoms with E-state index >= 15 is 0 Å². The van der Waals surface area contributed by atoms with Crippen LogP contribution in [0, 0.1) is 12.7 Å². The highest BCUT2D eigenvalue weighted by Gasteiger charge is 2.08. The van der Waals surface area contributed by atoms with Crippen LogP contribution in [0.3, 0.4) is 0 Å².